The molecule has 1 aromatic rings. The lowest BCUT2D eigenvalue weighted by atomic mass is 10.0. The molecule has 0 radical (unpaired) electrons. The van der Waals surface area contributed by atoms with Gasteiger partial charge in [-0.3, -0.25) is 0 Å². The average Bonchev–Trinajstić information content (AvgIpc) is 2.28. The molecule has 1 N–H and O–H groups in total. The maximum atomic E-state index is 8.58. The zero-order chi connectivity index (χ0) is 12.0. The summed E-state index contributed by atoms with van der Waals surface area (Å²) < 4.78 is 0. The van der Waals surface area contributed by atoms with Gasteiger partial charge >= 0.3 is 0 Å². The summed E-state index contributed by atoms with van der Waals surface area (Å²) in [7, 11) is 0. The molecule has 0 aromatic heterocycles. The summed E-state index contributed by atoms with van der Waals surface area (Å²) >= 11 is 0. The third kappa shape index (κ3) is 3.58. The number of anilines is 1. The number of nitrogens with one attached hydrogen (secondary N) is 1. The van der Waals surface area contributed by atoms with E-state index in [1.165, 1.54) is 0 Å². The van der Waals surface area contributed by atoms with Gasteiger partial charge in [0.2, 0.25) is 0 Å². The normalized spacial score (nSPS) is 12.2. The minimum absolute atomic E-state index is 0.488. The third-order valence-corrected chi connectivity index (χ3v) is 2.83. The summed E-state index contributed by atoms with van der Waals surface area (Å²) in [6.45, 7) is 6.65. The first-order chi connectivity index (χ1) is 7.67. The van der Waals surface area contributed by atoms with Gasteiger partial charge in [-0.25, -0.2) is 0 Å². The monoisotopic (exact) mass is 216 g/mol. The molecule has 1 rings (SSSR count). The van der Waals surface area contributed by atoms with Gasteiger partial charge in [0.25, 0.3) is 0 Å². The molecular weight excluding hydrogens is 196 g/mol. The highest BCUT2D eigenvalue weighted by Gasteiger charge is 2.09. The lowest BCUT2D eigenvalue weighted by Crippen LogP contribution is -2.24. The molecule has 1 atom stereocenters. The maximum absolute atomic E-state index is 8.58. The van der Waals surface area contributed by atoms with Gasteiger partial charge in [0.1, 0.15) is 0 Å². The van der Waals surface area contributed by atoms with Gasteiger partial charge < -0.3 is 5.32 Å². The summed E-state index contributed by atoms with van der Waals surface area (Å²) in [5.41, 5.74) is 2.22. The molecule has 0 bridgehead atoms. The van der Waals surface area contributed by atoms with Crippen molar-refractivity contribution in [1.29, 1.82) is 5.26 Å². The highest BCUT2D eigenvalue weighted by atomic mass is 14.9. The van der Waals surface area contributed by atoms with Gasteiger partial charge in [-0.1, -0.05) is 32.9 Å². The van der Waals surface area contributed by atoms with Crippen LogP contribution in [0, 0.1) is 17.2 Å². The Kier molecular flexibility index (Phi) is 4.85. The van der Waals surface area contributed by atoms with E-state index in [9.17, 15) is 0 Å². The largest absolute Gasteiger partial charge is 0.382 e. The second kappa shape index (κ2) is 6.17. The van der Waals surface area contributed by atoms with Gasteiger partial charge in [0, 0.05) is 11.7 Å². The van der Waals surface area contributed by atoms with Gasteiger partial charge in [-0.2, -0.15) is 5.26 Å². The summed E-state index contributed by atoms with van der Waals surface area (Å²) in [5, 5.41) is 12.1. The molecular formula is C14H20N2. The van der Waals surface area contributed by atoms with Crippen molar-refractivity contribution in [2.24, 2.45) is 5.92 Å². The molecule has 16 heavy (non-hydrogen) atoms. The highest BCUT2D eigenvalue weighted by molar-refractivity contribution is 5.45. The predicted molar refractivity (Wildman–Crippen MR) is 68.3 cm³/mol. The number of hydrogen-bond donors (Lipinski definition) is 1. The number of benzene rings is 1. The molecule has 2 nitrogen and oxygen atoms in total. The first-order valence-electron chi connectivity index (χ1n) is 5.89. The Bertz CT molecular complexity index is 346. The number of nitriles is 1. The number of rotatable bonds is 5. The molecule has 0 heterocycles. The van der Waals surface area contributed by atoms with Crippen molar-refractivity contribution >= 4 is 5.69 Å². The van der Waals surface area contributed by atoms with E-state index in [1.54, 1.807) is 0 Å². The molecule has 86 valence electrons. The van der Waals surface area contributed by atoms with Crippen molar-refractivity contribution in [3.63, 3.8) is 0 Å². The van der Waals surface area contributed by atoms with Gasteiger partial charge in [-0.15, -0.1) is 0 Å². The molecule has 0 spiro atoms. The minimum Gasteiger partial charge on any atom is -0.382 e. The Balaban J connectivity index is 2.64. The summed E-state index contributed by atoms with van der Waals surface area (Å²) in [6.07, 6.45) is 1.61. The van der Waals surface area contributed by atoms with Crippen LogP contribution in [0.2, 0.25) is 0 Å². The zero-order valence-corrected chi connectivity index (χ0v) is 10.3. The number of nitrogens with zero attached hydrogens (tertiary/aromatic N) is 1. The van der Waals surface area contributed by atoms with Crippen LogP contribution in [0.4, 0.5) is 5.69 Å². The van der Waals surface area contributed by atoms with Crippen LogP contribution in [-0.2, 0) is 6.42 Å². The van der Waals surface area contributed by atoms with E-state index in [0.29, 0.717) is 18.4 Å². The van der Waals surface area contributed by atoms with Crippen LogP contribution in [0.15, 0.2) is 24.3 Å². The van der Waals surface area contributed by atoms with Crippen LogP contribution < -0.4 is 5.32 Å². The average molecular weight is 216 g/mol. The zero-order valence-electron chi connectivity index (χ0n) is 10.3. The van der Waals surface area contributed by atoms with Crippen molar-refractivity contribution in [1.82, 2.24) is 0 Å². The fourth-order valence-electron chi connectivity index (χ4n) is 1.76. The molecule has 0 aliphatic carbocycles. The van der Waals surface area contributed by atoms with Crippen LogP contribution in [0.1, 0.15) is 32.8 Å². The second-order valence-corrected chi connectivity index (χ2v) is 4.43. The summed E-state index contributed by atoms with van der Waals surface area (Å²) in [6, 6.07) is 10.8. The lowest BCUT2D eigenvalue weighted by Gasteiger charge is -2.22. The van der Waals surface area contributed by atoms with E-state index >= 15 is 0 Å². The SMILES string of the molecule is CCC(Nc1ccc(CC#N)cc1)C(C)C. The minimum atomic E-state index is 0.488. The second-order valence-electron chi connectivity index (χ2n) is 4.43. The topological polar surface area (TPSA) is 35.8 Å². The van der Waals surface area contributed by atoms with Crippen molar-refractivity contribution in [2.75, 3.05) is 5.32 Å². The molecule has 2 heteroatoms. The molecule has 0 fully saturated rings. The molecule has 0 saturated carbocycles. The van der Waals surface area contributed by atoms with Crippen LogP contribution in [0.25, 0.3) is 0 Å². The first kappa shape index (κ1) is 12.6. The van der Waals surface area contributed by atoms with Gasteiger partial charge in [0.15, 0.2) is 0 Å². The van der Waals surface area contributed by atoms with E-state index in [0.717, 1.165) is 17.7 Å². The Labute approximate surface area is 98.3 Å². The lowest BCUT2D eigenvalue weighted by molar-refractivity contribution is 0.511. The molecule has 0 aliphatic rings. The predicted octanol–water partition coefficient (Wildman–Crippen LogP) is 3.60. The van der Waals surface area contributed by atoms with Crippen LogP contribution >= 0.6 is 0 Å². The summed E-state index contributed by atoms with van der Waals surface area (Å²) in [5.74, 6) is 0.629. The molecule has 1 unspecified atom stereocenters. The van der Waals surface area contributed by atoms with Crippen molar-refractivity contribution in [2.45, 2.75) is 39.7 Å². The van der Waals surface area contributed by atoms with Crippen LogP contribution in [0.5, 0.6) is 0 Å². The van der Waals surface area contributed by atoms with E-state index in [4.69, 9.17) is 5.26 Å². The van der Waals surface area contributed by atoms with Crippen molar-refractivity contribution < 1.29 is 0 Å². The van der Waals surface area contributed by atoms with Crippen LogP contribution in [-0.4, -0.2) is 6.04 Å². The van der Waals surface area contributed by atoms with Crippen molar-refractivity contribution in [3.8, 4) is 6.07 Å². The maximum Gasteiger partial charge on any atom is 0.0669 e. The summed E-state index contributed by atoms with van der Waals surface area (Å²) in [4.78, 5) is 0. The Morgan fingerprint density at radius 3 is 2.31 bits per heavy atom. The standard InChI is InChI=1S/C14H20N2/c1-4-14(11(2)3)16-13-7-5-12(6-8-13)9-10-15/h5-8,11,14,16H,4,9H2,1-3H3. The first-order valence-corrected chi connectivity index (χ1v) is 5.89. The third-order valence-electron chi connectivity index (χ3n) is 2.83. The molecule has 0 aliphatic heterocycles. The van der Waals surface area contributed by atoms with Crippen LogP contribution in [0.3, 0.4) is 0 Å². The van der Waals surface area contributed by atoms with Gasteiger partial charge in [-0.05, 0) is 30.0 Å². The van der Waals surface area contributed by atoms with Gasteiger partial charge in [0.05, 0.1) is 12.5 Å². The fraction of sp³-hybridized carbons (Fsp3) is 0.500. The molecule has 0 saturated heterocycles. The Morgan fingerprint density at radius 1 is 1.25 bits per heavy atom. The number of hydrogen-bond acceptors (Lipinski definition) is 2. The smallest absolute Gasteiger partial charge is 0.0669 e. The molecule has 1 aromatic carbocycles. The quantitative estimate of drug-likeness (QED) is 0.816. The Morgan fingerprint density at radius 2 is 1.88 bits per heavy atom. The Hall–Kier alpha value is -1.49. The van der Waals surface area contributed by atoms with E-state index in [1.807, 2.05) is 12.1 Å². The van der Waals surface area contributed by atoms with E-state index in [2.05, 4.69) is 44.3 Å². The molecule has 0 amide bonds. The van der Waals surface area contributed by atoms with E-state index < -0.39 is 0 Å². The fourth-order valence-corrected chi connectivity index (χ4v) is 1.76. The highest BCUT2D eigenvalue weighted by Crippen LogP contribution is 2.16. The van der Waals surface area contributed by atoms with E-state index in [-0.39, 0.29) is 0 Å². The van der Waals surface area contributed by atoms with Crippen molar-refractivity contribution in [3.05, 3.63) is 29.8 Å².